The van der Waals surface area contributed by atoms with Gasteiger partial charge in [-0.25, -0.2) is 12.7 Å². The molecule has 1 aromatic rings. The normalized spacial score (nSPS) is 14.7. The highest BCUT2D eigenvalue weighted by Crippen LogP contribution is 2.29. The van der Waals surface area contributed by atoms with Gasteiger partial charge in [-0.3, -0.25) is 9.59 Å². The molecule has 0 bridgehead atoms. The van der Waals surface area contributed by atoms with Crippen molar-refractivity contribution in [3.8, 4) is 0 Å². The van der Waals surface area contributed by atoms with Crippen molar-refractivity contribution in [3.63, 3.8) is 0 Å². The number of hydrogen-bond acceptors (Lipinski definition) is 5. The van der Waals surface area contributed by atoms with Crippen molar-refractivity contribution >= 4 is 27.6 Å². The standard InChI is InChI=1S/C17H25N3O5S/c1-18(2)26(24,25)13-6-7-15(20-9-4-5-10-20)14(12-13)17(23)19(3)11-8-16(21)22/h6-7,12H,4-5,8-11H2,1-3H3,(H,21,22). The number of nitrogens with zero attached hydrogens (tertiary/aromatic N) is 3. The van der Waals surface area contributed by atoms with Crippen molar-refractivity contribution in [1.82, 2.24) is 9.21 Å². The lowest BCUT2D eigenvalue weighted by Gasteiger charge is -2.25. The van der Waals surface area contributed by atoms with E-state index in [1.54, 1.807) is 6.07 Å². The first-order valence-corrected chi connectivity index (χ1v) is 9.87. The number of carboxylic acid groups (broad SMARTS) is 1. The highest BCUT2D eigenvalue weighted by atomic mass is 32.2. The fourth-order valence-electron chi connectivity index (χ4n) is 2.86. The molecule has 144 valence electrons. The molecule has 1 amide bonds. The minimum Gasteiger partial charge on any atom is -0.481 e. The van der Waals surface area contributed by atoms with Gasteiger partial charge in [0.25, 0.3) is 5.91 Å². The summed E-state index contributed by atoms with van der Waals surface area (Å²) in [5, 5.41) is 8.82. The van der Waals surface area contributed by atoms with Gasteiger partial charge < -0.3 is 14.9 Å². The summed E-state index contributed by atoms with van der Waals surface area (Å²) < 4.78 is 26.0. The van der Waals surface area contributed by atoms with E-state index < -0.39 is 16.0 Å². The number of amides is 1. The number of carbonyl (C=O) groups is 2. The Labute approximate surface area is 154 Å². The molecule has 0 aliphatic carbocycles. The van der Waals surface area contributed by atoms with Crippen molar-refractivity contribution in [2.24, 2.45) is 0 Å². The van der Waals surface area contributed by atoms with Gasteiger partial charge in [0, 0.05) is 46.5 Å². The molecule has 0 atom stereocenters. The Balaban J connectivity index is 2.44. The smallest absolute Gasteiger partial charge is 0.305 e. The van der Waals surface area contributed by atoms with Gasteiger partial charge in [0.05, 0.1) is 16.9 Å². The van der Waals surface area contributed by atoms with Crippen LogP contribution >= 0.6 is 0 Å². The molecule has 1 N–H and O–H groups in total. The second-order valence-corrected chi connectivity index (χ2v) is 8.68. The van der Waals surface area contributed by atoms with E-state index in [0.717, 1.165) is 30.2 Å². The number of sulfonamides is 1. The number of anilines is 1. The van der Waals surface area contributed by atoms with Crippen molar-refractivity contribution in [3.05, 3.63) is 23.8 Å². The molecular weight excluding hydrogens is 358 g/mol. The van der Waals surface area contributed by atoms with Gasteiger partial charge in [-0.2, -0.15) is 0 Å². The minimum atomic E-state index is -3.67. The molecule has 1 aliphatic heterocycles. The third kappa shape index (κ3) is 4.34. The van der Waals surface area contributed by atoms with Gasteiger partial charge in [-0.05, 0) is 31.0 Å². The summed E-state index contributed by atoms with van der Waals surface area (Å²) in [5.74, 6) is -1.38. The minimum absolute atomic E-state index is 0.0421. The molecule has 1 fully saturated rings. The Morgan fingerprint density at radius 2 is 1.77 bits per heavy atom. The first kappa shape index (κ1) is 20.2. The van der Waals surface area contributed by atoms with E-state index in [4.69, 9.17) is 5.11 Å². The Hall–Kier alpha value is -2.13. The van der Waals surface area contributed by atoms with E-state index in [0.29, 0.717) is 5.69 Å². The van der Waals surface area contributed by atoms with Crippen molar-refractivity contribution < 1.29 is 23.1 Å². The van der Waals surface area contributed by atoms with Crippen LogP contribution in [0.1, 0.15) is 29.6 Å². The van der Waals surface area contributed by atoms with Crippen LogP contribution < -0.4 is 4.90 Å². The molecule has 0 radical (unpaired) electrons. The van der Waals surface area contributed by atoms with Crippen LogP contribution in [0.2, 0.25) is 0 Å². The van der Waals surface area contributed by atoms with Gasteiger partial charge in [0.2, 0.25) is 10.0 Å². The van der Waals surface area contributed by atoms with Crippen molar-refractivity contribution in [1.29, 1.82) is 0 Å². The van der Waals surface area contributed by atoms with E-state index in [1.807, 2.05) is 0 Å². The lowest BCUT2D eigenvalue weighted by molar-refractivity contribution is -0.137. The van der Waals surface area contributed by atoms with Crippen LogP contribution in [0.5, 0.6) is 0 Å². The summed E-state index contributed by atoms with van der Waals surface area (Å²) in [6.07, 6.45) is 1.86. The first-order valence-electron chi connectivity index (χ1n) is 8.43. The zero-order valence-electron chi connectivity index (χ0n) is 15.3. The van der Waals surface area contributed by atoms with Crippen LogP contribution in [0.15, 0.2) is 23.1 Å². The highest BCUT2D eigenvalue weighted by molar-refractivity contribution is 7.89. The Morgan fingerprint density at radius 1 is 1.15 bits per heavy atom. The summed E-state index contributed by atoms with van der Waals surface area (Å²) in [7, 11) is 0.715. The summed E-state index contributed by atoms with van der Waals surface area (Å²) in [4.78, 5) is 27.1. The van der Waals surface area contributed by atoms with E-state index in [-0.39, 0.29) is 29.3 Å². The number of carbonyl (C=O) groups excluding carboxylic acids is 1. The van der Waals surface area contributed by atoms with E-state index >= 15 is 0 Å². The lowest BCUT2D eigenvalue weighted by atomic mass is 10.1. The Morgan fingerprint density at radius 3 is 2.31 bits per heavy atom. The Bertz CT molecular complexity index is 786. The first-order chi connectivity index (χ1) is 12.1. The topological polar surface area (TPSA) is 98.2 Å². The zero-order chi connectivity index (χ0) is 19.5. The largest absolute Gasteiger partial charge is 0.481 e. The summed E-state index contributed by atoms with van der Waals surface area (Å²) in [6.45, 7) is 1.66. The molecular formula is C17H25N3O5S. The third-order valence-electron chi connectivity index (χ3n) is 4.43. The van der Waals surface area contributed by atoms with Gasteiger partial charge in [-0.1, -0.05) is 0 Å². The van der Waals surface area contributed by atoms with Gasteiger partial charge >= 0.3 is 5.97 Å². The second kappa shape index (κ2) is 8.05. The van der Waals surface area contributed by atoms with Crippen LogP contribution in [0.25, 0.3) is 0 Å². The lowest BCUT2D eigenvalue weighted by Crippen LogP contribution is -2.32. The fraction of sp³-hybridized carbons (Fsp3) is 0.529. The third-order valence-corrected chi connectivity index (χ3v) is 6.24. The molecule has 0 saturated carbocycles. The molecule has 1 heterocycles. The summed E-state index contributed by atoms with van der Waals surface area (Å²) >= 11 is 0. The predicted molar refractivity (Wildman–Crippen MR) is 98.0 cm³/mol. The average Bonchev–Trinajstić information content (AvgIpc) is 3.12. The maximum atomic E-state index is 12.9. The maximum absolute atomic E-state index is 12.9. The number of rotatable bonds is 7. The van der Waals surface area contributed by atoms with Crippen LogP contribution in [-0.2, 0) is 14.8 Å². The maximum Gasteiger partial charge on any atom is 0.305 e. The molecule has 9 heteroatoms. The second-order valence-electron chi connectivity index (χ2n) is 6.53. The SMILES string of the molecule is CN(CCC(=O)O)C(=O)c1cc(S(=O)(=O)N(C)C)ccc1N1CCCC1. The van der Waals surface area contributed by atoms with Crippen LogP contribution in [0, 0.1) is 0 Å². The molecule has 0 spiro atoms. The molecule has 1 aromatic carbocycles. The van der Waals surface area contributed by atoms with Crippen molar-refractivity contribution in [2.45, 2.75) is 24.2 Å². The van der Waals surface area contributed by atoms with E-state index in [1.165, 1.54) is 38.2 Å². The summed E-state index contributed by atoms with van der Waals surface area (Å²) in [6, 6.07) is 4.57. The van der Waals surface area contributed by atoms with Gasteiger partial charge in [0.15, 0.2) is 0 Å². The Kier molecular flexibility index (Phi) is 6.25. The van der Waals surface area contributed by atoms with Gasteiger partial charge in [-0.15, -0.1) is 0 Å². The highest BCUT2D eigenvalue weighted by Gasteiger charge is 2.26. The number of benzene rings is 1. The monoisotopic (exact) mass is 383 g/mol. The molecule has 1 aliphatic rings. The summed E-state index contributed by atoms with van der Waals surface area (Å²) in [5.41, 5.74) is 0.968. The molecule has 8 nitrogen and oxygen atoms in total. The zero-order valence-corrected chi connectivity index (χ0v) is 16.1. The molecule has 0 unspecified atom stereocenters. The van der Waals surface area contributed by atoms with E-state index in [9.17, 15) is 18.0 Å². The van der Waals surface area contributed by atoms with E-state index in [2.05, 4.69) is 4.90 Å². The average molecular weight is 383 g/mol. The molecule has 26 heavy (non-hydrogen) atoms. The number of hydrogen-bond donors (Lipinski definition) is 1. The predicted octanol–water partition coefficient (Wildman–Crippen LogP) is 1.08. The van der Waals surface area contributed by atoms with Crippen LogP contribution in [0.4, 0.5) is 5.69 Å². The van der Waals surface area contributed by atoms with Crippen molar-refractivity contribution in [2.75, 3.05) is 45.7 Å². The molecule has 0 aromatic heterocycles. The van der Waals surface area contributed by atoms with Gasteiger partial charge in [0.1, 0.15) is 0 Å². The number of aliphatic carboxylic acids is 1. The molecule has 1 saturated heterocycles. The van der Waals surface area contributed by atoms with Crippen LogP contribution in [-0.4, -0.2) is 75.4 Å². The fourth-order valence-corrected chi connectivity index (χ4v) is 3.79. The molecule has 2 rings (SSSR count). The quantitative estimate of drug-likeness (QED) is 0.757. The van der Waals surface area contributed by atoms with Crippen LogP contribution in [0.3, 0.4) is 0 Å². The number of carboxylic acids is 1.